The summed E-state index contributed by atoms with van der Waals surface area (Å²) in [6, 6.07) is 5.24. The molecule has 0 radical (unpaired) electrons. The zero-order valence-corrected chi connectivity index (χ0v) is 8.64. The largest absolute Gasteiger partial charge is 0.381 e. The van der Waals surface area contributed by atoms with Gasteiger partial charge in [0.1, 0.15) is 11.6 Å². The van der Waals surface area contributed by atoms with E-state index < -0.39 is 17.0 Å². The van der Waals surface area contributed by atoms with Crippen LogP contribution >= 0.6 is 0 Å². The number of nitriles is 1. The molecule has 0 saturated carbocycles. The molecular formula is C11H12F2N2. The Labute approximate surface area is 87.5 Å². The summed E-state index contributed by atoms with van der Waals surface area (Å²) in [6.07, 6.45) is 0. The number of anilines is 1. The van der Waals surface area contributed by atoms with Crippen molar-refractivity contribution in [2.45, 2.75) is 13.8 Å². The van der Waals surface area contributed by atoms with Crippen LogP contribution in [0.1, 0.15) is 13.8 Å². The summed E-state index contributed by atoms with van der Waals surface area (Å²) in [5, 5.41) is 11.4. The van der Waals surface area contributed by atoms with Gasteiger partial charge in [0.2, 0.25) is 0 Å². The topological polar surface area (TPSA) is 35.8 Å². The molecule has 1 N–H and O–H groups in total. The maximum absolute atomic E-state index is 13.1. The van der Waals surface area contributed by atoms with Crippen molar-refractivity contribution in [3.63, 3.8) is 0 Å². The van der Waals surface area contributed by atoms with Crippen LogP contribution in [0, 0.1) is 28.4 Å². The SMILES string of the molecule is CC(C)(C#N)CNc1cc(F)ccc1F. The maximum Gasteiger partial charge on any atom is 0.146 e. The second-order valence-corrected chi connectivity index (χ2v) is 3.97. The van der Waals surface area contributed by atoms with Crippen molar-refractivity contribution in [1.29, 1.82) is 5.26 Å². The van der Waals surface area contributed by atoms with Crippen LogP contribution in [0.4, 0.5) is 14.5 Å². The average Bonchev–Trinajstić information content (AvgIpc) is 2.20. The molecule has 0 spiro atoms. The van der Waals surface area contributed by atoms with Gasteiger partial charge in [-0.2, -0.15) is 5.26 Å². The Hall–Kier alpha value is -1.63. The highest BCUT2D eigenvalue weighted by atomic mass is 19.1. The van der Waals surface area contributed by atoms with Crippen LogP contribution in [0.5, 0.6) is 0 Å². The fourth-order valence-corrected chi connectivity index (χ4v) is 0.989. The Morgan fingerprint density at radius 1 is 1.40 bits per heavy atom. The number of hydrogen-bond acceptors (Lipinski definition) is 2. The third kappa shape index (κ3) is 3.21. The molecule has 15 heavy (non-hydrogen) atoms. The van der Waals surface area contributed by atoms with E-state index in [1.165, 1.54) is 0 Å². The predicted molar refractivity (Wildman–Crippen MR) is 54.2 cm³/mol. The zero-order valence-electron chi connectivity index (χ0n) is 8.64. The lowest BCUT2D eigenvalue weighted by Gasteiger charge is -2.17. The van der Waals surface area contributed by atoms with Crippen LogP contribution in [-0.2, 0) is 0 Å². The summed E-state index contributed by atoms with van der Waals surface area (Å²) in [4.78, 5) is 0. The zero-order chi connectivity index (χ0) is 11.5. The maximum atomic E-state index is 13.1. The van der Waals surface area contributed by atoms with Crippen LogP contribution in [0.15, 0.2) is 18.2 Å². The van der Waals surface area contributed by atoms with Gasteiger partial charge in [0.25, 0.3) is 0 Å². The van der Waals surface area contributed by atoms with E-state index in [0.29, 0.717) is 0 Å². The Kier molecular flexibility index (Phi) is 3.25. The number of hydrogen-bond donors (Lipinski definition) is 1. The fourth-order valence-electron chi connectivity index (χ4n) is 0.989. The van der Waals surface area contributed by atoms with E-state index >= 15 is 0 Å². The van der Waals surface area contributed by atoms with Gasteiger partial charge in [-0.05, 0) is 32.0 Å². The molecule has 0 aliphatic carbocycles. The summed E-state index contributed by atoms with van der Waals surface area (Å²) in [5.41, 5.74) is -0.531. The van der Waals surface area contributed by atoms with E-state index in [-0.39, 0.29) is 12.2 Å². The van der Waals surface area contributed by atoms with Gasteiger partial charge >= 0.3 is 0 Å². The van der Waals surface area contributed by atoms with Gasteiger partial charge in [-0.3, -0.25) is 0 Å². The molecule has 0 aliphatic rings. The van der Waals surface area contributed by atoms with Crippen molar-refractivity contribution in [3.05, 3.63) is 29.8 Å². The minimum atomic E-state index is -0.612. The molecule has 4 heteroatoms. The van der Waals surface area contributed by atoms with E-state index in [1.807, 2.05) is 0 Å². The first-order valence-electron chi connectivity index (χ1n) is 4.55. The quantitative estimate of drug-likeness (QED) is 0.832. The van der Waals surface area contributed by atoms with Gasteiger partial charge in [-0.15, -0.1) is 0 Å². The van der Waals surface area contributed by atoms with Gasteiger partial charge in [0, 0.05) is 6.54 Å². The molecule has 0 amide bonds. The normalized spacial score (nSPS) is 10.9. The smallest absolute Gasteiger partial charge is 0.146 e. The van der Waals surface area contributed by atoms with Gasteiger partial charge in [-0.25, -0.2) is 8.78 Å². The van der Waals surface area contributed by atoms with E-state index in [0.717, 1.165) is 18.2 Å². The van der Waals surface area contributed by atoms with Crippen molar-refractivity contribution in [1.82, 2.24) is 0 Å². The van der Waals surface area contributed by atoms with Gasteiger partial charge in [0.15, 0.2) is 0 Å². The standard InChI is InChI=1S/C11H12F2N2/c1-11(2,6-14)7-15-10-5-8(12)3-4-9(10)13/h3-5,15H,7H2,1-2H3. The molecule has 0 heterocycles. The Bertz CT molecular complexity index is 394. The highest BCUT2D eigenvalue weighted by molar-refractivity contribution is 5.45. The molecule has 2 nitrogen and oxygen atoms in total. The number of halogens is 2. The van der Waals surface area contributed by atoms with Crippen molar-refractivity contribution >= 4 is 5.69 Å². The molecule has 0 saturated heterocycles. The van der Waals surface area contributed by atoms with Crippen LogP contribution in [0.25, 0.3) is 0 Å². The Balaban J connectivity index is 2.74. The molecule has 0 unspecified atom stereocenters. The van der Waals surface area contributed by atoms with Crippen molar-refractivity contribution in [2.24, 2.45) is 5.41 Å². The first-order valence-corrected chi connectivity index (χ1v) is 4.55. The van der Waals surface area contributed by atoms with Crippen molar-refractivity contribution < 1.29 is 8.78 Å². The van der Waals surface area contributed by atoms with Gasteiger partial charge in [0.05, 0.1) is 17.2 Å². The third-order valence-electron chi connectivity index (χ3n) is 1.95. The third-order valence-corrected chi connectivity index (χ3v) is 1.95. The van der Waals surface area contributed by atoms with Gasteiger partial charge < -0.3 is 5.32 Å². The molecule has 0 bridgehead atoms. The van der Waals surface area contributed by atoms with E-state index in [9.17, 15) is 8.78 Å². The molecule has 0 aliphatic heterocycles. The second-order valence-electron chi connectivity index (χ2n) is 3.97. The fraction of sp³-hybridized carbons (Fsp3) is 0.364. The summed E-state index contributed by atoms with van der Waals surface area (Å²) in [6.45, 7) is 3.71. The lowest BCUT2D eigenvalue weighted by atomic mass is 9.96. The number of nitrogens with zero attached hydrogens (tertiary/aromatic N) is 1. The first-order chi connectivity index (χ1) is 6.94. The van der Waals surface area contributed by atoms with Crippen LogP contribution < -0.4 is 5.32 Å². The molecule has 1 aromatic carbocycles. The Morgan fingerprint density at radius 3 is 2.67 bits per heavy atom. The summed E-state index contributed by atoms with van der Waals surface area (Å²) >= 11 is 0. The van der Waals surface area contributed by atoms with Crippen molar-refractivity contribution in [3.8, 4) is 6.07 Å². The lowest BCUT2D eigenvalue weighted by Crippen LogP contribution is -2.21. The molecule has 0 fully saturated rings. The Morgan fingerprint density at radius 2 is 2.07 bits per heavy atom. The van der Waals surface area contributed by atoms with Crippen LogP contribution in [0.2, 0.25) is 0 Å². The van der Waals surface area contributed by atoms with Gasteiger partial charge in [-0.1, -0.05) is 0 Å². The van der Waals surface area contributed by atoms with Crippen LogP contribution in [-0.4, -0.2) is 6.54 Å². The average molecular weight is 210 g/mol. The van der Waals surface area contributed by atoms with E-state index in [4.69, 9.17) is 5.26 Å². The summed E-state index contributed by atoms with van der Waals surface area (Å²) < 4.78 is 25.9. The second kappa shape index (κ2) is 4.26. The van der Waals surface area contributed by atoms with Crippen LogP contribution in [0.3, 0.4) is 0 Å². The molecule has 1 rings (SSSR count). The highest BCUT2D eigenvalue weighted by Gasteiger charge is 2.16. The number of benzene rings is 1. The molecule has 0 aromatic heterocycles. The predicted octanol–water partition coefficient (Wildman–Crippen LogP) is 2.93. The molecule has 80 valence electrons. The van der Waals surface area contributed by atoms with E-state index in [2.05, 4.69) is 11.4 Å². The van der Waals surface area contributed by atoms with E-state index in [1.54, 1.807) is 13.8 Å². The molecule has 1 aromatic rings. The number of nitrogens with one attached hydrogen (secondary N) is 1. The number of rotatable bonds is 3. The summed E-state index contributed by atoms with van der Waals surface area (Å²) in [5.74, 6) is -1.03. The minimum Gasteiger partial charge on any atom is -0.381 e. The monoisotopic (exact) mass is 210 g/mol. The molecule has 0 atom stereocenters. The highest BCUT2D eigenvalue weighted by Crippen LogP contribution is 2.19. The summed E-state index contributed by atoms with van der Waals surface area (Å²) in [7, 11) is 0. The first kappa shape index (κ1) is 11.4. The lowest BCUT2D eigenvalue weighted by molar-refractivity contribution is 0.525. The van der Waals surface area contributed by atoms with Crippen molar-refractivity contribution in [2.75, 3.05) is 11.9 Å². The minimum absolute atomic E-state index is 0.0818. The molecular weight excluding hydrogens is 198 g/mol.